The Morgan fingerprint density at radius 1 is 1.71 bits per heavy atom. The van der Waals surface area contributed by atoms with E-state index in [0.29, 0.717) is 5.76 Å². The number of carbonyl (C=O) groups excluding carboxylic acids is 1. The molecule has 2 rings (SSSR count). The molecule has 4 nitrogen and oxygen atoms in total. The summed E-state index contributed by atoms with van der Waals surface area (Å²) in [6.07, 6.45) is 2.37. The van der Waals surface area contributed by atoms with E-state index in [1.54, 1.807) is 19.2 Å². The van der Waals surface area contributed by atoms with Crippen LogP contribution >= 0.6 is 0 Å². The number of methoxy groups -OCH3 is 1. The Kier molecular flexibility index (Phi) is 2.65. The van der Waals surface area contributed by atoms with Gasteiger partial charge in [-0.3, -0.25) is 4.79 Å². The molecule has 0 bridgehead atoms. The number of hydrogen-bond acceptors (Lipinski definition) is 4. The van der Waals surface area contributed by atoms with Crippen LogP contribution in [-0.4, -0.2) is 31.6 Å². The molecule has 2 atom stereocenters. The molecule has 1 N–H and O–H groups in total. The van der Waals surface area contributed by atoms with Crippen LogP contribution in [-0.2, 0) is 4.74 Å². The van der Waals surface area contributed by atoms with Crippen molar-refractivity contribution in [2.75, 3.05) is 13.7 Å². The SMILES string of the molecule is COC1CNC(C(=O)c2ccco2)C1. The highest BCUT2D eigenvalue weighted by molar-refractivity contribution is 5.97. The van der Waals surface area contributed by atoms with E-state index >= 15 is 0 Å². The van der Waals surface area contributed by atoms with Gasteiger partial charge < -0.3 is 14.5 Å². The van der Waals surface area contributed by atoms with Gasteiger partial charge in [-0.15, -0.1) is 0 Å². The number of carbonyl (C=O) groups is 1. The predicted octanol–water partition coefficient (Wildman–Crippen LogP) is 0.839. The van der Waals surface area contributed by atoms with Crippen molar-refractivity contribution in [1.29, 1.82) is 0 Å². The second kappa shape index (κ2) is 3.94. The molecule has 0 radical (unpaired) electrons. The van der Waals surface area contributed by atoms with E-state index in [2.05, 4.69) is 5.32 Å². The van der Waals surface area contributed by atoms with E-state index in [1.165, 1.54) is 6.26 Å². The fourth-order valence-corrected chi connectivity index (χ4v) is 1.67. The molecule has 0 spiro atoms. The molecule has 0 aliphatic carbocycles. The Balaban J connectivity index is 2.00. The lowest BCUT2D eigenvalue weighted by molar-refractivity contribution is 0.0893. The summed E-state index contributed by atoms with van der Waals surface area (Å²) in [5, 5.41) is 3.11. The van der Waals surface area contributed by atoms with Crippen molar-refractivity contribution >= 4 is 5.78 Å². The molecule has 4 heteroatoms. The zero-order valence-electron chi connectivity index (χ0n) is 8.03. The topological polar surface area (TPSA) is 51.5 Å². The summed E-state index contributed by atoms with van der Waals surface area (Å²) in [6, 6.07) is 3.24. The van der Waals surface area contributed by atoms with Crippen LogP contribution in [0.15, 0.2) is 22.8 Å². The van der Waals surface area contributed by atoms with Gasteiger partial charge in [-0.05, 0) is 18.6 Å². The summed E-state index contributed by atoms with van der Waals surface area (Å²) >= 11 is 0. The number of nitrogens with one attached hydrogen (secondary N) is 1. The first-order chi connectivity index (χ1) is 6.81. The minimum atomic E-state index is -0.161. The van der Waals surface area contributed by atoms with Crippen molar-refractivity contribution in [2.24, 2.45) is 0 Å². The van der Waals surface area contributed by atoms with Crippen molar-refractivity contribution in [1.82, 2.24) is 5.32 Å². The van der Waals surface area contributed by atoms with Crippen LogP contribution in [0, 0.1) is 0 Å². The largest absolute Gasteiger partial charge is 0.461 e. The molecule has 1 aromatic rings. The monoisotopic (exact) mass is 195 g/mol. The van der Waals surface area contributed by atoms with Gasteiger partial charge >= 0.3 is 0 Å². The van der Waals surface area contributed by atoms with Crippen molar-refractivity contribution in [3.05, 3.63) is 24.2 Å². The number of ketones is 1. The maximum absolute atomic E-state index is 11.8. The lowest BCUT2D eigenvalue weighted by atomic mass is 10.1. The summed E-state index contributed by atoms with van der Waals surface area (Å²) in [5.41, 5.74) is 0. The van der Waals surface area contributed by atoms with E-state index in [9.17, 15) is 4.79 Å². The zero-order valence-corrected chi connectivity index (χ0v) is 8.03. The van der Waals surface area contributed by atoms with Gasteiger partial charge in [-0.2, -0.15) is 0 Å². The van der Waals surface area contributed by atoms with Crippen LogP contribution in [0.3, 0.4) is 0 Å². The highest BCUT2D eigenvalue weighted by atomic mass is 16.5. The normalized spacial score (nSPS) is 26.6. The van der Waals surface area contributed by atoms with Gasteiger partial charge in [0.05, 0.1) is 18.4 Å². The minimum Gasteiger partial charge on any atom is -0.461 e. The molecule has 1 fully saturated rings. The van der Waals surface area contributed by atoms with Crippen molar-refractivity contribution in [2.45, 2.75) is 18.6 Å². The molecule has 0 amide bonds. The van der Waals surface area contributed by atoms with Gasteiger partial charge in [0.1, 0.15) is 0 Å². The molecule has 76 valence electrons. The van der Waals surface area contributed by atoms with Gasteiger partial charge in [-0.1, -0.05) is 0 Å². The maximum Gasteiger partial charge on any atom is 0.214 e. The first kappa shape index (κ1) is 9.43. The van der Waals surface area contributed by atoms with E-state index in [0.717, 1.165) is 13.0 Å². The fraction of sp³-hybridized carbons (Fsp3) is 0.500. The Morgan fingerprint density at radius 3 is 3.14 bits per heavy atom. The lowest BCUT2D eigenvalue weighted by Gasteiger charge is -2.06. The van der Waals surface area contributed by atoms with Crippen LogP contribution in [0.4, 0.5) is 0 Å². The van der Waals surface area contributed by atoms with E-state index in [-0.39, 0.29) is 17.9 Å². The van der Waals surface area contributed by atoms with Crippen LogP contribution in [0.2, 0.25) is 0 Å². The fourth-order valence-electron chi connectivity index (χ4n) is 1.67. The predicted molar refractivity (Wildman–Crippen MR) is 50.2 cm³/mol. The highest BCUT2D eigenvalue weighted by Crippen LogP contribution is 2.14. The van der Waals surface area contributed by atoms with Gasteiger partial charge in [-0.25, -0.2) is 0 Å². The van der Waals surface area contributed by atoms with E-state index in [1.807, 2.05) is 0 Å². The Labute approximate surface area is 82.2 Å². The molecule has 1 aromatic heterocycles. The Morgan fingerprint density at radius 2 is 2.57 bits per heavy atom. The van der Waals surface area contributed by atoms with E-state index in [4.69, 9.17) is 9.15 Å². The molecule has 0 aromatic carbocycles. The summed E-state index contributed by atoms with van der Waals surface area (Å²) < 4.78 is 10.2. The lowest BCUT2D eigenvalue weighted by Crippen LogP contribution is -2.30. The molecular weight excluding hydrogens is 182 g/mol. The number of ether oxygens (including phenoxy) is 1. The summed E-state index contributed by atoms with van der Waals surface area (Å²) in [5.74, 6) is 0.425. The van der Waals surface area contributed by atoms with Gasteiger partial charge in [0, 0.05) is 13.7 Å². The van der Waals surface area contributed by atoms with Crippen LogP contribution < -0.4 is 5.32 Å². The third kappa shape index (κ3) is 1.71. The molecule has 1 aliphatic heterocycles. The average Bonchev–Trinajstić information content (AvgIpc) is 2.88. The third-order valence-corrected chi connectivity index (χ3v) is 2.50. The second-order valence-corrected chi connectivity index (χ2v) is 3.40. The molecule has 0 saturated carbocycles. The maximum atomic E-state index is 11.8. The number of Topliss-reactive ketones (excluding diaryl/α,β-unsaturated/α-hetero) is 1. The quantitative estimate of drug-likeness (QED) is 0.726. The molecule has 2 unspecified atom stereocenters. The summed E-state index contributed by atoms with van der Waals surface area (Å²) in [4.78, 5) is 11.8. The molecular formula is C10H13NO3. The number of rotatable bonds is 3. The van der Waals surface area contributed by atoms with Gasteiger partial charge in [0.15, 0.2) is 5.76 Å². The minimum absolute atomic E-state index is 0.00884. The van der Waals surface area contributed by atoms with Crippen molar-refractivity contribution in [3.63, 3.8) is 0 Å². The van der Waals surface area contributed by atoms with Crippen LogP contribution in [0.5, 0.6) is 0 Å². The first-order valence-electron chi connectivity index (χ1n) is 4.65. The molecule has 2 heterocycles. The smallest absolute Gasteiger partial charge is 0.214 e. The molecule has 1 aliphatic rings. The van der Waals surface area contributed by atoms with Crippen LogP contribution in [0.1, 0.15) is 17.0 Å². The highest BCUT2D eigenvalue weighted by Gasteiger charge is 2.30. The van der Waals surface area contributed by atoms with Crippen molar-refractivity contribution in [3.8, 4) is 0 Å². The average molecular weight is 195 g/mol. The second-order valence-electron chi connectivity index (χ2n) is 3.40. The standard InChI is InChI=1S/C10H13NO3/c1-13-7-5-8(11-6-7)10(12)9-3-2-4-14-9/h2-4,7-8,11H,5-6H2,1H3. The van der Waals surface area contributed by atoms with E-state index < -0.39 is 0 Å². The zero-order chi connectivity index (χ0) is 9.97. The van der Waals surface area contributed by atoms with Gasteiger partial charge in [0.2, 0.25) is 5.78 Å². The van der Waals surface area contributed by atoms with Crippen LogP contribution in [0.25, 0.3) is 0 Å². The Bertz CT molecular complexity index is 307. The number of hydrogen-bond donors (Lipinski definition) is 1. The third-order valence-electron chi connectivity index (χ3n) is 2.50. The first-order valence-corrected chi connectivity index (χ1v) is 4.65. The Hall–Kier alpha value is -1.13. The summed E-state index contributed by atoms with van der Waals surface area (Å²) in [7, 11) is 1.66. The van der Waals surface area contributed by atoms with Crippen molar-refractivity contribution < 1.29 is 13.9 Å². The number of furan rings is 1. The molecule has 1 saturated heterocycles. The summed E-state index contributed by atoms with van der Waals surface area (Å²) in [6.45, 7) is 0.730. The van der Waals surface area contributed by atoms with Gasteiger partial charge in [0.25, 0.3) is 0 Å². The molecule has 14 heavy (non-hydrogen) atoms.